The third-order valence-corrected chi connectivity index (χ3v) is 5.70. The Labute approximate surface area is 184 Å². The first-order valence-electron chi connectivity index (χ1n) is 10.8. The Bertz CT molecular complexity index is 975. The molecular weight excluding hydrogens is 398 g/mol. The van der Waals surface area contributed by atoms with Crippen LogP contribution in [0.3, 0.4) is 0 Å². The lowest BCUT2D eigenvalue weighted by molar-refractivity contribution is 0.201. The van der Waals surface area contributed by atoms with E-state index in [0.29, 0.717) is 11.1 Å². The van der Waals surface area contributed by atoms with Crippen LogP contribution in [0, 0.1) is 0 Å². The van der Waals surface area contributed by atoms with Crippen LogP contribution in [0.4, 0.5) is 5.69 Å². The summed E-state index contributed by atoms with van der Waals surface area (Å²) in [5.74, 6) is 0.726. The van der Waals surface area contributed by atoms with Gasteiger partial charge in [-0.05, 0) is 75.8 Å². The number of rotatable bonds is 11. The quantitative estimate of drug-likeness (QED) is 0.403. The highest BCUT2D eigenvalue weighted by Gasteiger charge is 2.13. The van der Waals surface area contributed by atoms with Crippen LogP contribution in [0.2, 0.25) is 5.02 Å². The van der Waals surface area contributed by atoms with E-state index in [2.05, 4.69) is 31.0 Å². The number of benzene rings is 2. The zero-order valence-corrected chi connectivity index (χ0v) is 18.9. The zero-order valence-electron chi connectivity index (χ0n) is 18.1. The Morgan fingerprint density at radius 1 is 1.10 bits per heavy atom. The molecule has 2 aromatic carbocycles. The van der Waals surface area contributed by atoms with Gasteiger partial charge in [0.25, 0.3) is 0 Å². The number of hydrogen-bond acceptors (Lipinski definition) is 5. The van der Waals surface area contributed by atoms with Gasteiger partial charge in [-0.1, -0.05) is 25.4 Å². The third kappa shape index (κ3) is 5.54. The van der Waals surface area contributed by atoms with Gasteiger partial charge >= 0.3 is 0 Å². The van der Waals surface area contributed by atoms with Gasteiger partial charge < -0.3 is 20.1 Å². The Kier molecular flexibility index (Phi) is 8.14. The normalized spacial score (nSPS) is 12.6. The molecule has 162 valence electrons. The Hall–Kier alpha value is -2.08. The van der Waals surface area contributed by atoms with E-state index in [1.807, 2.05) is 36.4 Å². The Balaban J connectivity index is 1.92. The van der Waals surface area contributed by atoms with Crippen LogP contribution in [-0.4, -0.2) is 53.9 Å². The summed E-state index contributed by atoms with van der Waals surface area (Å²) < 4.78 is 5.64. The molecule has 1 atom stereocenters. The molecule has 0 aliphatic carbocycles. The van der Waals surface area contributed by atoms with Crippen molar-refractivity contribution in [3.8, 4) is 5.75 Å². The van der Waals surface area contributed by atoms with Crippen molar-refractivity contribution in [2.24, 2.45) is 0 Å². The molecule has 30 heavy (non-hydrogen) atoms. The average Bonchev–Trinajstić information content (AvgIpc) is 2.75. The number of halogens is 1. The molecule has 1 aromatic heterocycles. The van der Waals surface area contributed by atoms with E-state index in [0.717, 1.165) is 65.7 Å². The average molecular weight is 430 g/mol. The summed E-state index contributed by atoms with van der Waals surface area (Å²) in [6.45, 7) is 10.2. The van der Waals surface area contributed by atoms with E-state index >= 15 is 0 Å². The predicted molar refractivity (Wildman–Crippen MR) is 127 cm³/mol. The van der Waals surface area contributed by atoms with Gasteiger partial charge in [0.1, 0.15) is 12.4 Å². The molecule has 2 N–H and O–H groups in total. The number of ether oxygens (including phenoxy) is 1. The Morgan fingerprint density at radius 2 is 1.90 bits per heavy atom. The van der Waals surface area contributed by atoms with E-state index in [1.165, 1.54) is 0 Å². The molecule has 0 fully saturated rings. The van der Waals surface area contributed by atoms with Gasteiger partial charge in [-0.2, -0.15) is 0 Å². The molecule has 1 unspecified atom stereocenters. The summed E-state index contributed by atoms with van der Waals surface area (Å²) in [6, 6.07) is 12.0. The molecule has 0 aliphatic heterocycles. The van der Waals surface area contributed by atoms with Crippen molar-refractivity contribution in [3.05, 3.63) is 41.4 Å². The van der Waals surface area contributed by atoms with Crippen molar-refractivity contribution in [3.63, 3.8) is 0 Å². The van der Waals surface area contributed by atoms with Crippen LogP contribution < -0.4 is 10.1 Å². The van der Waals surface area contributed by atoms with E-state index in [4.69, 9.17) is 26.4 Å². The number of aromatic nitrogens is 1. The minimum absolute atomic E-state index is 0.0127. The molecule has 6 heteroatoms. The van der Waals surface area contributed by atoms with E-state index in [-0.39, 0.29) is 13.2 Å². The monoisotopic (exact) mass is 429 g/mol. The fourth-order valence-corrected chi connectivity index (χ4v) is 3.95. The molecule has 0 aliphatic rings. The Morgan fingerprint density at radius 3 is 2.63 bits per heavy atom. The number of nitrogens with one attached hydrogen (secondary N) is 1. The second-order valence-corrected chi connectivity index (χ2v) is 8.05. The fraction of sp³-hybridized carbons (Fsp3) is 0.458. The molecule has 3 aromatic rings. The van der Waals surface area contributed by atoms with Crippen molar-refractivity contribution >= 4 is 39.1 Å². The standard InChI is InChI=1S/C24H32ClN3O2/c1-4-28(5-2)12-6-7-17(3)26-24-20-10-8-18(25)15-23(20)27-22-11-9-19(16-21(22)24)30-14-13-29/h8-11,15-17,29H,4-7,12-14H2,1-3H3,(H,26,27). The SMILES string of the molecule is CCN(CC)CCCC(C)Nc1c2ccc(Cl)cc2nc2ccc(OCCO)cc12. The first kappa shape index (κ1) is 22.6. The lowest BCUT2D eigenvalue weighted by Crippen LogP contribution is -2.25. The van der Waals surface area contributed by atoms with E-state index < -0.39 is 0 Å². The molecule has 0 bridgehead atoms. The lowest BCUT2D eigenvalue weighted by Gasteiger charge is -2.22. The van der Waals surface area contributed by atoms with Crippen LogP contribution in [0.1, 0.15) is 33.6 Å². The third-order valence-electron chi connectivity index (χ3n) is 5.46. The van der Waals surface area contributed by atoms with Gasteiger partial charge in [0.05, 0.1) is 23.3 Å². The molecule has 0 saturated heterocycles. The molecule has 5 nitrogen and oxygen atoms in total. The van der Waals surface area contributed by atoms with Crippen molar-refractivity contribution in [1.29, 1.82) is 0 Å². The van der Waals surface area contributed by atoms with Gasteiger partial charge in [-0.15, -0.1) is 0 Å². The van der Waals surface area contributed by atoms with Gasteiger partial charge in [-0.25, -0.2) is 4.98 Å². The summed E-state index contributed by atoms with van der Waals surface area (Å²) in [5, 5.41) is 15.5. The molecular formula is C24H32ClN3O2. The van der Waals surface area contributed by atoms with Crippen molar-refractivity contribution in [2.75, 3.05) is 38.2 Å². The summed E-state index contributed by atoms with van der Waals surface area (Å²) >= 11 is 6.23. The van der Waals surface area contributed by atoms with E-state index in [9.17, 15) is 0 Å². The second-order valence-electron chi connectivity index (χ2n) is 7.61. The minimum atomic E-state index is -0.0127. The molecule has 0 amide bonds. The van der Waals surface area contributed by atoms with Gasteiger partial charge in [-0.3, -0.25) is 0 Å². The summed E-state index contributed by atoms with van der Waals surface area (Å²) in [7, 11) is 0. The van der Waals surface area contributed by atoms with Crippen molar-refractivity contribution in [2.45, 2.75) is 39.7 Å². The molecule has 0 saturated carbocycles. The maximum atomic E-state index is 9.07. The topological polar surface area (TPSA) is 57.6 Å². The van der Waals surface area contributed by atoms with Crippen LogP contribution in [0.5, 0.6) is 5.75 Å². The minimum Gasteiger partial charge on any atom is -0.491 e. The second kappa shape index (κ2) is 10.8. The maximum Gasteiger partial charge on any atom is 0.120 e. The van der Waals surface area contributed by atoms with Crippen LogP contribution in [0.25, 0.3) is 21.8 Å². The molecule has 0 radical (unpaired) electrons. The largest absolute Gasteiger partial charge is 0.491 e. The highest BCUT2D eigenvalue weighted by molar-refractivity contribution is 6.31. The molecule has 0 spiro atoms. The number of aliphatic hydroxyl groups excluding tert-OH is 1. The van der Waals surface area contributed by atoms with Gasteiger partial charge in [0, 0.05) is 21.8 Å². The van der Waals surface area contributed by atoms with Crippen molar-refractivity contribution < 1.29 is 9.84 Å². The summed E-state index contributed by atoms with van der Waals surface area (Å²) in [4.78, 5) is 7.25. The molecule has 3 rings (SSSR count). The highest BCUT2D eigenvalue weighted by Crippen LogP contribution is 2.35. The highest BCUT2D eigenvalue weighted by atomic mass is 35.5. The maximum absolute atomic E-state index is 9.07. The van der Waals surface area contributed by atoms with Crippen LogP contribution in [-0.2, 0) is 0 Å². The van der Waals surface area contributed by atoms with Crippen molar-refractivity contribution in [1.82, 2.24) is 9.88 Å². The van der Waals surface area contributed by atoms with Crippen LogP contribution >= 0.6 is 11.6 Å². The summed E-state index contributed by atoms with van der Waals surface area (Å²) in [5.41, 5.74) is 2.81. The predicted octanol–water partition coefficient (Wildman–Crippen LogP) is 5.33. The number of fused-ring (bicyclic) bond motifs is 2. The number of anilines is 1. The number of aliphatic hydroxyl groups is 1. The van der Waals surface area contributed by atoms with Crippen LogP contribution in [0.15, 0.2) is 36.4 Å². The van der Waals surface area contributed by atoms with Gasteiger partial charge in [0.2, 0.25) is 0 Å². The lowest BCUT2D eigenvalue weighted by atomic mass is 10.1. The first-order chi connectivity index (χ1) is 14.5. The van der Waals surface area contributed by atoms with E-state index in [1.54, 1.807) is 0 Å². The fourth-order valence-electron chi connectivity index (χ4n) is 3.78. The number of nitrogens with zero attached hydrogens (tertiary/aromatic N) is 2. The molecule has 1 heterocycles. The first-order valence-corrected chi connectivity index (χ1v) is 11.2. The number of pyridine rings is 1. The van der Waals surface area contributed by atoms with Gasteiger partial charge in [0.15, 0.2) is 0 Å². The zero-order chi connectivity index (χ0) is 21.5. The smallest absolute Gasteiger partial charge is 0.120 e. The summed E-state index contributed by atoms with van der Waals surface area (Å²) in [6.07, 6.45) is 2.23. The number of hydrogen-bond donors (Lipinski definition) is 2.